The van der Waals surface area contributed by atoms with Crippen LogP contribution in [0.3, 0.4) is 0 Å². The molecule has 0 aliphatic rings. The molecule has 31 N–H and O–H groups in total. The Morgan fingerprint density at radius 1 is 0.311 bits per heavy atom. The van der Waals surface area contributed by atoms with Crippen molar-refractivity contribution in [2.45, 2.75) is 127 Å². The highest BCUT2D eigenvalue weighted by molar-refractivity contribution is 5.97. The standard InChI is InChI=1S/C41H81N25O8/c1-22(67)21-60-30(69)24(9-3-15-54-36(42)43)62-32(71)26(11-5-17-56-38(46)47)64-34(73)28(13-7-19-58-40(50)51)66-35(74)29(14-8-20-59-41(52)53)65-33(72)27(12-6-18-57-39(48)49)63-31(70)25(61-23(2)68)10-4-16-55-37(44)45/h24-29H,3-21H2,1-2H3,(H,60,69)(H,61,68)(H,62,71)(H,63,70)(H,64,73)(H,65,72)(H,66,74)(H4,42,43,54)(H4,44,45,55)(H4,46,47,56)(H4,48,49,57)(H4,50,51,58)(H4,52,53,59). The molecule has 0 aliphatic heterocycles. The van der Waals surface area contributed by atoms with Gasteiger partial charge in [-0.15, -0.1) is 0 Å². The van der Waals surface area contributed by atoms with Crippen molar-refractivity contribution in [3.05, 3.63) is 0 Å². The molecule has 0 aromatic rings. The average molecular weight is 1050 g/mol. The summed E-state index contributed by atoms with van der Waals surface area (Å²) in [6, 6.07) is -7.96. The van der Waals surface area contributed by atoms with Crippen molar-refractivity contribution in [1.29, 1.82) is 32.5 Å². The van der Waals surface area contributed by atoms with E-state index in [1.165, 1.54) is 13.8 Å². The van der Waals surface area contributed by atoms with Gasteiger partial charge >= 0.3 is 0 Å². The number of carbonyl (C=O) groups excluding carboxylic acids is 8. The van der Waals surface area contributed by atoms with Gasteiger partial charge in [-0.3, -0.25) is 70.8 Å². The van der Waals surface area contributed by atoms with Crippen LogP contribution in [-0.2, 0) is 38.4 Å². The highest BCUT2D eigenvalue weighted by Crippen LogP contribution is 2.09. The Bertz CT molecular complexity index is 1940. The van der Waals surface area contributed by atoms with E-state index in [9.17, 15) is 38.4 Å². The first-order chi connectivity index (χ1) is 34.8. The van der Waals surface area contributed by atoms with Crippen molar-refractivity contribution in [2.24, 2.45) is 34.4 Å². The van der Waals surface area contributed by atoms with Crippen LogP contribution < -0.4 is 104 Å². The van der Waals surface area contributed by atoms with Gasteiger partial charge in [0.05, 0.1) is 6.54 Å². The fourth-order valence-corrected chi connectivity index (χ4v) is 6.73. The van der Waals surface area contributed by atoms with E-state index in [2.05, 4.69) is 69.1 Å². The number of hydrogen-bond donors (Lipinski definition) is 25. The van der Waals surface area contributed by atoms with Gasteiger partial charge in [-0.2, -0.15) is 0 Å². The van der Waals surface area contributed by atoms with E-state index in [0.29, 0.717) is 0 Å². The number of rotatable bonds is 38. The summed E-state index contributed by atoms with van der Waals surface area (Å²) in [6.45, 7) is 2.79. The summed E-state index contributed by atoms with van der Waals surface area (Å²) in [6.07, 6.45) is 0.736. The lowest BCUT2D eigenvalue weighted by atomic mass is 10.0. The Balaban J connectivity index is 7.04. The molecule has 0 spiro atoms. The summed E-state index contributed by atoms with van der Waals surface area (Å²) >= 11 is 0. The van der Waals surface area contributed by atoms with Gasteiger partial charge in [-0.25, -0.2) is 0 Å². The minimum Gasteiger partial charge on any atom is -0.370 e. The monoisotopic (exact) mass is 1050 g/mol. The molecule has 0 saturated carbocycles. The topological polar surface area (TPSA) is 592 Å². The molecule has 33 heteroatoms. The van der Waals surface area contributed by atoms with Crippen LogP contribution in [0.1, 0.15) is 90.9 Å². The fraction of sp³-hybridized carbons (Fsp3) is 0.659. The Morgan fingerprint density at radius 3 is 0.676 bits per heavy atom. The molecule has 0 aromatic carbocycles. The molecule has 0 fully saturated rings. The first kappa shape index (κ1) is 65.6. The van der Waals surface area contributed by atoms with Crippen LogP contribution >= 0.6 is 0 Å². The molecule has 7 amide bonds. The highest BCUT2D eigenvalue weighted by atomic mass is 16.2. The summed E-state index contributed by atoms with van der Waals surface area (Å²) in [7, 11) is 0. The number of ketones is 1. The minimum absolute atomic E-state index is 0.00878. The lowest BCUT2D eigenvalue weighted by molar-refractivity contribution is -0.135. The summed E-state index contributed by atoms with van der Waals surface area (Å²) in [5, 5.41) is 78.6. The van der Waals surface area contributed by atoms with Crippen molar-refractivity contribution in [3.63, 3.8) is 0 Å². The normalized spacial score (nSPS) is 12.9. The maximum absolute atomic E-state index is 14.4. The van der Waals surface area contributed by atoms with Crippen LogP contribution in [0.2, 0.25) is 0 Å². The van der Waals surface area contributed by atoms with Crippen molar-refractivity contribution >= 4 is 82.9 Å². The number of nitrogens with two attached hydrogens (primary N) is 6. The quantitative estimate of drug-likeness (QED) is 0.0155. The van der Waals surface area contributed by atoms with Gasteiger partial charge in [0.2, 0.25) is 41.4 Å². The third-order valence-corrected chi connectivity index (χ3v) is 10.3. The number of amides is 7. The fourth-order valence-electron chi connectivity index (χ4n) is 6.73. The molecular formula is C41H81N25O8. The molecule has 0 aliphatic carbocycles. The Kier molecular flexibility index (Phi) is 33.1. The van der Waals surface area contributed by atoms with Crippen LogP contribution in [0.25, 0.3) is 0 Å². The van der Waals surface area contributed by atoms with E-state index in [1.807, 2.05) is 0 Å². The van der Waals surface area contributed by atoms with Crippen molar-refractivity contribution in [3.8, 4) is 0 Å². The number of Topliss-reactive ketones (excluding diaryl/α,β-unsaturated/α-hetero) is 1. The molecular weight excluding hydrogens is 971 g/mol. The van der Waals surface area contributed by atoms with Gasteiger partial charge in [-0.05, 0) is 84.0 Å². The van der Waals surface area contributed by atoms with Gasteiger partial charge in [0.15, 0.2) is 35.8 Å². The van der Waals surface area contributed by atoms with E-state index in [1.54, 1.807) is 0 Å². The Labute approximate surface area is 429 Å². The van der Waals surface area contributed by atoms with E-state index >= 15 is 0 Å². The van der Waals surface area contributed by atoms with Crippen LogP contribution in [0.5, 0.6) is 0 Å². The smallest absolute Gasteiger partial charge is 0.243 e. The van der Waals surface area contributed by atoms with Crippen molar-refractivity contribution in [2.75, 3.05) is 45.8 Å². The lowest BCUT2D eigenvalue weighted by Crippen LogP contribution is -2.60. The summed E-state index contributed by atoms with van der Waals surface area (Å²) in [5.41, 5.74) is 32.5. The molecule has 6 unspecified atom stereocenters. The Hall–Kier alpha value is -8.42. The number of hydrogen-bond acceptors (Lipinski definition) is 14. The third kappa shape index (κ3) is 33.2. The average Bonchev–Trinajstić information content (AvgIpc) is 3.30. The second kappa shape index (κ2) is 37.4. The van der Waals surface area contributed by atoms with Gasteiger partial charge in [0.1, 0.15) is 42.0 Å². The van der Waals surface area contributed by atoms with Crippen LogP contribution in [-0.4, -0.2) is 165 Å². The molecule has 0 rings (SSSR count). The first-order valence-electron chi connectivity index (χ1n) is 23.9. The lowest BCUT2D eigenvalue weighted by Gasteiger charge is -2.28. The largest absolute Gasteiger partial charge is 0.370 e. The molecule has 0 radical (unpaired) electrons. The van der Waals surface area contributed by atoms with E-state index in [-0.39, 0.29) is 164 Å². The molecule has 6 atom stereocenters. The van der Waals surface area contributed by atoms with Crippen molar-refractivity contribution in [1.82, 2.24) is 69.1 Å². The molecule has 0 aromatic heterocycles. The number of guanidine groups is 6. The van der Waals surface area contributed by atoms with Gasteiger partial charge < -0.3 is 104 Å². The predicted molar refractivity (Wildman–Crippen MR) is 276 cm³/mol. The zero-order valence-electron chi connectivity index (χ0n) is 42.1. The van der Waals surface area contributed by atoms with Crippen LogP contribution in [0.15, 0.2) is 0 Å². The Morgan fingerprint density at radius 2 is 0.500 bits per heavy atom. The molecule has 0 saturated heterocycles. The van der Waals surface area contributed by atoms with E-state index in [0.717, 1.165) is 0 Å². The molecule has 74 heavy (non-hydrogen) atoms. The van der Waals surface area contributed by atoms with Gasteiger partial charge in [0, 0.05) is 46.2 Å². The zero-order valence-corrected chi connectivity index (χ0v) is 42.1. The minimum atomic E-state index is -1.44. The number of carbonyl (C=O) groups is 8. The number of nitrogens with one attached hydrogen (secondary N) is 19. The molecule has 33 nitrogen and oxygen atoms in total. The van der Waals surface area contributed by atoms with E-state index < -0.39 is 77.6 Å². The maximum atomic E-state index is 14.4. The summed E-state index contributed by atoms with van der Waals surface area (Å²) in [4.78, 5) is 108. The molecule has 418 valence electrons. The van der Waals surface area contributed by atoms with Crippen LogP contribution in [0.4, 0.5) is 0 Å². The molecule has 0 bridgehead atoms. The SMILES string of the molecule is CC(=O)CNC(=O)C(CCCNC(=N)N)NC(=O)C(CCCNC(=N)N)NC(=O)C(CCCNC(=N)N)NC(=O)C(CCCNC(=N)N)NC(=O)C(CCCNC(=N)N)NC(=O)C(CCCNC(=N)N)NC(C)=O. The van der Waals surface area contributed by atoms with Gasteiger partial charge in [0.25, 0.3) is 0 Å². The van der Waals surface area contributed by atoms with Crippen LogP contribution in [0, 0.1) is 32.5 Å². The predicted octanol–water partition coefficient (Wildman–Crippen LogP) is -7.80. The maximum Gasteiger partial charge on any atom is 0.243 e. The third-order valence-electron chi connectivity index (χ3n) is 10.3. The molecule has 0 heterocycles. The zero-order chi connectivity index (χ0) is 56.2. The second-order valence-electron chi connectivity index (χ2n) is 16.9. The van der Waals surface area contributed by atoms with Crippen molar-refractivity contribution < 1.29 is 38.4 Å². The van der Waals surface area contributed by atoms with Gasteiger partial charge in [-0.1, -0.05) is 0 Å². The summed E-state index contributed by atoms with van der Waals surface area (Å²) in [5.74, 6) is -7.95. The van der Waals surface area contributed by atoms with E-state index in [4.69, 9.17) is 66.9 Å². The first-order valence-corrected chi connectivity index (χ1v) is 23.9. The second-order valence-corrected chi connectivity index (χ2v) is 16.9. The highest BCUT2D eigenvalue weighted by Gasteiger charge is 2.33. The summed E-state index contributed by atoms with van der Waals surface area (Å²) < 4.78 is 0.